The van der Waals surface area contributed by atoms with Gasteiger partial charge in [0.2, 0.25) is 0 Å². The highest BCUT2D eigenvalue weighted by atomic mass is 19.1. The lowest BCUT2D eigenvalue weighted by molar-refractivity contribution is 0.102. The van der Waals surface area contributed by atoms with Crippen LogP contribution in [0.4, 0.5) is 10.1 Å². The normalized spacial score (nSPS) is 16.0. The van der Waals surface area contributed by atoms with Gasteiger partial charge in [0.1, 0.15) is 11.3 Å². The second kappa shape index (κ2) is 5.79. The second-order valence-electron chi connectivity index (χ2n) is 5.71. The van der Waals surface area contributed by atoms with Gasteiger partial charge in [0.25, 0.3) is 5.91 Å². The molecule has 23 heavy (non-hydrogen) atoms. The number of aromatic nitrogens is 1. The summed E-state index contributed by atoms with van der Waals surface area (Å²) in [6.45, 7) is 2.07. The topological polar surface area (TPSA) is 81.7 Å². The maximum Gasteiger partial charge on any atom is 0.259 e. The van der Waals surface area contributed by atoms with Gasteiger partial charge >= 0.3 is 0 Å². The molecule has 0 aliphatic heterocycles. The van der Waals surface area contributed by atoms with Crippen LogP contribution in [0.25, 0.3) is 0 Å². The molecule has 5 nitrogen and oxygen atoms in total. The van der Waals surface area contributed by atoms with E-state index in [4.69, 9.17) is 10.8 Å². The Kier molecular flexibility index (Phi) is 3.82. The molecule has 0 saturated heterocycles. The molecule has 1 unspecified atom stereocenters. The van der Waals surface area contributed by atoms with Gasteiger partial charge in [0.05, 0.1) is 11.9 Å². The number of amides is 1. The summed E-state index contributed by atoms with van der Waals surface area (Å²) < 4.78 is 14.4. The molecule has 1 heterocycles. The highest BCUT2D eigenvalue weighted by molar-refractivity contribution is 6.04. The van der Waals surface area contributed by atoms with Gasteiger partial charge < -0.3 is 5.32 Å². The van der Waals surface area contributed by atoms with E-state index in [0.29, 0.717) is 11.6 Å². The molecule has 0 saturated carbocycles. The van der Waals surface area contributed by atoms with E-state index in [1.807, 2.05) is 0 Å². The number of nitrogens with one attached hydrogen (secondary N) is 3. The van der Waals surface area contributed by atoms with Gasteiger partial charge in [0.15, 0.2) is 0 Å². The van der Waals surface area contributed by atoms with Crippen LogP contribution in [0.2, 0.25) is 0 Å². The van der Waals surface area contributed by atoms with Crippen LogP contribution in [0, 0.1) is 16.6 Å². The number of fused-ring (bicyclic) bond motifs is 1. The van der Waals surface area contributed by atoms with Crippen molar-refractivity contribution in [1.82, 2.24) is 4.57 Å². The predicted molar refractivity (Wildman–Crippen MR) is 85.6 cm³/mol. The van der Waals surface area contributed by atoms with Gasteiger partial charge in [-0.15, -0.1) is 0 Å². The lowest BCUT2D eigenvalue weighted by atomic mass is 10.0. The summed E-state index contributed by atoms with van der Waals surface area (Å²) in [6.07, 6.45) is 2.83. The summed E-state index contributed by atoms with van der Waals surface area (Å²) in [7, 11) is 0. The van der Waals surface area contributed by atoms with E-state index in [1.54, 1.807) is 6.07 Å². The van der Waals surface area contributed by atoms with Crippen LogP contribution in [0.15, 0.2) is 30.3 Å². The first kappa shape index (κ1) is 15.1. The van der Waals surface area contributed by atoms with Crippen molar-refractivity contribution in [1.29, 1.82) is 10.8 Å². The first-order chi connectivity index (χ1) is 11.0. The molecule has 118 valence electrons. The zero-order valence-corrected chi connectivity index (χ0v) is 12.7. The number of nitrogens with zero attached hydrogens (tertiary/aromatic N) is 1. The zero-order valence-electron chi connectivity index (χ0n) is 12.7. The minimum Gasteiger partial charge on any atom is -0.322 e. The largest absolute Gasteiger partial charge is 0.322 e. The fraction of sp³-hybridized carbons (Fsp3) is 0.235. The molecule has 1 amide bonds. The van der Waals surface area contributed by atoms with Crippen LogP contribution in [0.3, 0.4) is 0 Å². The number of carbonyl (C=O) groups excluding carboxylic acids is 1. The maximum atomic E-state index is 12.9. The monoisotopic (exact) mass is 312 g/mol. The smallest absolute Gasteiger partial charge is 0.259 e. The molecule has 1 aromatic heterocycles. The zero-order chi connectivity index (χ0) is 16.6. The SMILES string of the molecule is CC1CCc2c1cc(C(=O)Nc1ccc(F)cc1)c(=N)n2C=N. The molecule has 0 radical (unpaired) electrons. The molecule has 3 rings (SSSR count). The number of carbonyl (C=O) groups is 1. The molecule has 3 N–H and O–H groups in total. The van der Waals surface area contributed by atoms with Gasteiger partial charge in [-0.2, -0.15) is 0 Å². The van der Waals surface area contributed by atoms with Crippen molar-refractivity contribution in [3.63, 3.8) is 0 Å². The number of hydrogen-bond donors (Lipinski definition) is 3. The average Bonchev–Trinajstić information content (AvgIpc) is 2.90. The number of pyridine rings is 1. The third-order valence-corrected chi connectivity index (χ3v) is 4.24. The molecule has 0 bridgehead atoms. The quantitative estimate of drug-likeness (QED) is 0.591. The van der Waals surface area contributed by atoms with Gasteiger partial charge in [-0.25, -0.2) is 4.39 Å². The Morgan fingerprint density at radius 2 is 2.09 bits per heavy atom. The third kappa shape index (κ3) is 2.67. The van der Waals surface area contributed by atoms with Crippen molar-refractivity contribution in [3.05, 3.63) is 58.5 Å². The van der Waals surface area contributed by atoms with E-state index in [0.717, 1.165) is 30.4 Å². The van der Waals surface area contributed by atoms with Crippen LogP contribution >= 0.6 is 0 Å². The van der Waals surface area contributed by atoms with Gasteiger partial charge in [0, 0.05) is 11.4 Å². The summed E-state index contributed by atoms with van der Waals surface area (Å²) >= 11 is 0. The molecule has 2 aromatic rings. The summed E-state index contributed by atoms with van der Waals surface area (Å²) in [4.78, 5) is 12.5. The Morgan fingerprint density at radius 3 is 2.74 bits per heavy atom. The van der Waals surface area contributed by atoms with E-state index in [1.165, 1.54) is 28.8 Å². The first-order valence-corrected chi connectivity index (χ1v) is 7.41. The van der Waals surface area contributed by atoms with Crippen LogP contribution in [-0.2, 0) is 6.42 Å². The maximum absolute atomic E-state index is 12.9. The van der Waals surface area contributed by atoms with Crippen LogP contribution in [0.5, 0.6) is 0 Å². The Hall–Kier alpha value is -2.76. The molecule has 0 fully saturated rings. The molecule has 1 atom stereocenters. The van der Waals surface area contributed by atoms with Crippen LogP contribution < -0.4 is 10.8 Å². The summed E-state index contributed by atoms with van der Waals surface area (Å²) in [5.74, 6) is -0.509. The molecule has 1 aromatic carbocycles. The van der Waals surface area contributed by atoms with Gasteiger partial charge in [-0.05, 0) is 54.7 Å². The number of rotatable bonds is 3. The highest BCUT2D eigenvalue weighted by Crippen LogP contribution is 2.31. The van der Waals surface area contributed by atoms with Crippen molar-refractivity contribution in [3.8, 4) is 0 Å². The van der Waals surface area contributed by atoms with Crippen molar-refractivity contribution in [2.45, 2.75) is 25.7 Å². The second-order valence-corrected chi connectivity index (χ2v) is 5.71. The lowest BCUT2D eigenvalue weighted by Crippen LogP contribution is -2.31. The standard InChI is InChI=1S/C17H17FN4O/c1-10-2-7-15-13(10)8-14(16(20)22(15)9-19)17(23)21-12-5-3-11(18)4-6-12/h3-6,8-10,19-20H,2,7H2,1H3,(H,21,23). The van der Waals surface area contributed by atoms with Gasteiger partial charge in [-0.1, -0.05) is 6.92 Å². The molecule has 1 aliphatic rings. The minimum atomic E-state index is -0.431. The van der Waals surface area contributed by atoms with Crippen molar-refractivity contribution < 1.29 is 9.18 Å². The average molecular weight is 312 g/mol. The lowest BCUT2D eigenvalue weighted by Gasteiger charge is -2.13. The fourth-order valence-corrected chi connectivity index (χ4v) is 2.96. The van der Waals surface area contributed by atoms with Crippen molar-refractivity contribution >= 4 is 17.9 Å². The van der Waals surface area contributed by atoms with Gasteiger partial charge in [-0.3, -0.25) is 20.2 Å². The predicted octanol–water partition coefficient (Wildman–Crippen LogP) is 2.86. The molecular formula is C17H17FN4O. The van der Waals surface area contributed by atoms with E-state index < -0.39 is 5.91 Å². The molecule has 6 heteroatoms. The number of benzene rings is 1. The summed E-state index contributed by atoms with van der Waals surface area (Å²) in [5.41, 5.74) is 2.60. The Balaban J connectivity index is 2.01. The number of anilines is 1. The summed E-state index contributed by atoms with van der Waals surface area (Å²) in [5, 5.41) is 18.4. The van der Waals surface area contributed by atoms with E-state index in [2.05, 4.69) is 12.2 Å². The Bertz CT molecular complexity index is 839. The molecular weight excluding hydrogens is 295 g/mol. The molecule has 0 spiro atoms. The number of hydrogen-bond acceptors (Lipinski definition) is 3. The Labute approximate surface area is 132 Å². The van der Waals surface area contributed by atoms with E-state index in [9.17, 15) is 9.18 Å². The van der Waals surface area contributed by atoms with Crippen molar-refractivity contribution in [2.24, 2.45) is 0 Å². The van der Waals surface area contributed by atoms with E-state index >= 15 is 0 Å². The molecule has 1 aliphatic carbocycles. The van der Waals surface area contributed by atoms with E-state index in [-0.39, 0.29) is 16.9 Å². The van der Waals surface area contributed by atoms with Crippen LogP contribution in [-0.4, -0.2) is 16.8 Å². The van der Waals surface area contributed by atoms with Crippen LogP contribution in [0.1, 0.15) is 40.9 Å². The fourth-order valence-electron chi connectivity index (χ4n) is 2.96. The first-order valence-electron chi connectivity index (χ1n) is 7.41. The third-order valence-electron chi connectivity index (χ3n) is 4.24. The Morgan fingerprint density at radius 1 is 1.39 bits per heavy atom. The highest BCUT2D eigenvalue weighted by Gasteiger charge is 2.24. The van der Waals surface area contributed by atoms with Crippen molar-refractivity contribution in [2.75, 3.05) is 5.32 Å². The number of halogens is 1. The summed E-state index contributed by atoms with van der Waals surface area (Å²) in [6, 6.07) is 7.21. The minimum absolute atomic E-state index is 0.00698.